The predicted octanol–water partition coefficient (Wildman–Crippen LogP) is 0.276. The van der Waals surface area contributed by atoms with Crippen LogP contribution in [0.4, 0.5) is 0 Å². The third-order valence-corrected chi connectivity index (χ3v) is 1.76. The van der Waals surface area contributed by atoms with Crippen molar-refractivity contribution < 1.29 is 0 Å². The molecule has 0 saturated carbocycles. The fourth-order valence-corrected chi connectivity index (χ4v) is 0.962. The van der Waals surface area contributed by atoms with Crippen LogP contribution in [0, 0.1) is 0 Å². The van der Waals surface area contributed by atoms with Crippen molar-refractivity contribution in [3.63, 3.8) is 0 Å². The van der Waals surface area contributed by atoms with E-state index in [4.69, 9.17) is 0 Å². The summed E-state index contributed by atoms with van der Waals surface area (Å²) in [5.41, 5.74) is 1.86. The molecule has 0 saturated heterocycles. The standard InChI is InChI=1S/C4H6BNS/c5-1-4-2-6-3-7-4/h2-3H,1,5H2. The van der Waals surface area contributed by atoms with Crippen molar-refractivity contribution in [3.8, 4) is 0 Å². The van der Waals surface area contributed by atoms with Crippen molar-refractivity contribution in [2.24, 2.45) is 0 Å². The lowest BCUT2D eigenvalue weighted by molar-refractivity contribution is 1.37. The molecule has 0 aliphatic carbocycles. The highest BCUT2D eigenvalue weighted by molar-refractivity contribution is 7.09. The highest BCUT2D eigenvalue weighted by Crippen LogP contribution is 2.02. The zero-order valence-corrected chi connectivity index (χ0v) is 5.03. The van der Waals surface area contributed by atoms with Gasteiger partial charge in [0.25, 0.3) is 0 Å². The van der Waals surface area contributed by atoms with E-state index in [0.29, 0.717) is 0 Å². The van der Waals surface area contributed by atoms with Gasteiger partial charge >= 0.3 is 0 Å². The van der Waals surface area contributed by atoms with E-state index in [1.165, 1.54) is 4.88 Å². The molecular formula is C4H6BNS. The largest absolute Gasteiger partial charge is 0.253 e. The maximum Gasteiger partial charge on any atom is 0.108 e. The molecule has 0 aliphatic rings. The monoisotopic (exact) mass is 111 g/mol. The molecule has 7 heavy (non-hydrogen) atoms. The van der Waals surface area contributed by atoms with Gasteiger partial charge in [-0.15, -0.1) is 11.3 Å². The van der Waals surface area contributed by atoms with Crippen molar-refractivity contribution in [3.05, 3.63) is 16.6 Å². The molecule has 0 bridgehead atoms. The Labute approximate surface area is 47.8 Å². The molecule has 0 spiro atoms. The van der Waals surface area contributed by atoms with Crippen LogP contribution in [0.25, 0.3) is 0 Å². The number of thiazole rings is 1. The van der Waals surface area contributed by atoms with Crippen LogP contribution < -0.4 is 0 Å². The molecule has 0 radical (unpaired) electrons. The summed E-state index contributed by atoms with van der Waals surface area (Å²) in [6, 6.07) is 0. The summed E-state index contributed by atoms with van der Waals surface area (Å²) < 4.78 is 0. The topological polar surface area (TPSA) is 12.9 Å². The first kappa shape index (κ1) is 4.84. The summed E-state index contributed by atoms with van der Waals surface area (Å²) >= 11 is 1.71. The highest BCUT2D eigenvalue weighted by atomic mass is 32.1. The van der Waals surface area contributed by atoms with E-state index in [9.17, 15) is 0 Å². The molecule has 1 nitrogen and oxygen atoms in total. The van der Waals surface area contributed by atoms with Crippen LogP contribution in [0.1, 0.15) is 4.88 Å². The van der Waals surface area contributed by atoms with Crippen LogP contribution >= 0.6 is 11.3 Å². The maximum atomic E-state index is 3.91. The highest BCUT2D eigenvalue weighted by Gasteiger charge is 1.84. The summed E-state index contributed by atoms with van der Waals surface area (Å²) in [6.07, 6.45) is 3.02. The van der Waals surface area contributed by atoms with Gasteiger partial charge in [0.1, 0.15) is 7.85 Å². The number of nitrogens with zero attached hydrogens (tertiary/aromatic N) is 1. The van der Waals surface area contributed by atoms with Crippen LogP contribution in [0.15, 0.2) is 11.7 Å². The van der Waals surface area contributed by atoms with E-state index in [1.54, 1.807) is 11.3 Å². The molecule has 0 aromatic carbocycles. The predicted molar refractivity (Wildman–Crippen MR) is 34.4 cm³/mol. The Hall–Kier alpha value is -0.305. The molecule has 0 amide bonds. The van der Waals surface area contributed by atoms with Gasteiger partial charge in [0, 0.05) is 11.1 Å². The average Bonchev–Trinajstić information content (AvgIpc) is 2.14. The van der Waals surface area contributed by atoms with Gasteiger partial charge in [0.15, 0.2) is 0 Å². The molecule has 0 atom stereocenters. The third kappa shape index (κ3) is 1.03. The van der Waals surface area contributed by atoms with Crippen LogP contribution in [0.3, 0.4) is 0 Å². The fraction of sp³-hybridized carbons (Fsp3) is 0.250. The zero-order chi connectivity index (χ0) is 5.11. The molecule has 1 heterocycles. The van der Waals surface area contributed by atoms with Gasteiger partial charge in [0.2, 0.25) is 0 Å². The average molecular weight is 111 g/mol. The first-order chi connectivity index (χ1) is 3.43. The van der Waals surface area contributed by atoms with Crippen LogP contribution in [0.2, 0.25) is 0 Å². The van der Waals surface area contributed by atoms with Gasteiger partial charge in [-0.2, -0.15) is 0 Å². The Bertz CT molecular complexity index is 126. The first-order valence-corrected chi connectivity index (χ1v) is 3.19. The quantitative estimate of drug-likeness (QED) is 0.474. The molecular weight excluding hydrogens is 105 g/mol. The molecule has 1 aromatic heterocycles. The Balaban J connectivity index is 2.76. The molecule has 3 heteroatoms. The van der Waals surface area contributed by atoms with Gasteiger partial charge in [0.05, 0.1) is 5.51 Å². The lowest BCUT2D eigenvalue weighted by atomic mass is 10.1. The van der Waals surface area contributed by atoms with Gasteiger partial charge in [-0.3, -0.25) is 4.98 Å². The minimum absolute atomic E-state index is 1.12. The van der Waals surface area contributed by atoms with E-state index in [2.05, 4.69) is 12.8 Å². The summed E-state index contributed by atoms with van der Waals surface area (Å²) in [5.74, 6) is 0. The van der Waals surface area contributed by atoms with Crippen molar-refractivity contribution >= 4 is 19.2 Å². The van der Waals surface area contributed by atoms with Crippen molar-refractivity contribution in [2.45, 2.75) is 6.32 Å². The molecule has 0 unspecified atom stereocenters. The summed E-state index contributed by atoms with van der Waals surface area (Å²) in [6.45, 7) is 0. The Morgan fingerprint density at radius 3 is 3.00 bits per heavy atom. The number of aromatic nitrogens is 1. The second-order valence-electron chi connectivity index (χ2n) is 1.32. The van der Waals surface area contributed by atoms with E-state index in [1.807, 2.05) is 11.7 Å². The van der Waals surface area contributed by atoms with Gasteiger partial charge in [-0.1, -0.05) is 0 Å². The summed E-state index contributed by atoms with van der Waals surface area (Å²) in [5, 5.41) is 0. The molecule has 1 aromatic rings. The van der Waals surface area contributed by atoms with Crippen LogP contribution in [-0.2, 0) is 6.32 Å². The van der Waals surface area contributed by atoms with E-state index < -0.39 is 0 Å². The smallest absolute Gasteiger partial charge is 0.108 e. The Kier molecular flexibility index (Phi) is 1.47. The van der Waals surface area contributed by atoms with Crippen molar-refractivity contribution in [1.29, 1.82) is 0 Å². The lowest BCUT2D eigenvalue weighted by Gasteiger charge is -1.76. The van der Waals surface area contributed by atoms with Crippen molar-refractivity contribution in [2.75, 3.05) is 0 Å². The Morgan fingerprint density at radius 1 is 1.86 bits per heavy atom. The minimum atomic E-state index is 1.12. The van der Waals surface area contributed by atoms with E-state index in [-0.39, 0.29) is 0 Å². The SMILES string of the molecule is BCc1cncs1. The van der Waals surface area contributed by atoms with Crippen LogP contribution in [0.5, 0.6) is 0 Å². The maximum absolute atomic E-state index is 3.91. The molecule has 1 rings (SSSR count). The number of hydrogen-bond donors (Lipinski definition) is 0. The van der Waals surface area contributed by atoms with Gasteiger partial charge < -0.3 is 0 Å². The lowest BCUT2D eigenvalue weighted by Crippen LogP contribution is -1.72. The summed E-state index contributed by atoms with van der Waals surface area (Å²) in [4.78, 5) is 5.27. The second kappa shape index (κ2) is 2.12. The molecule has 0 fully saturated rings. The minimum Gasteiger partial charge on any atom is -0.253 e. The van der Waals surface area contributed by atoms with Gasteiger partial charge in [-0.05, 0) is 6.32 Å². The zero-order valence-electron chi connectivity index (χ0n) is 4.22. The third-order valence-electron chi connectivity index (χ3n) is 0.832. The van der Waals surface area contributed by atoms with Crippen molar-refractivity contribution in [1.82, 2.24) is 4.98 Å². The molecule has 36 valence electrons. The van der Waals surface area contributed by atoms with E-state index in [0.717, 1.165) is 6.32 Å². The molecule has 0 N–H and O–H groups in total. The number of rotatable bonds is 1. The number of hydrogen-bond acceptors (Lipinski definition) is 2. The molecule has 0 aliphatic heterocycles. The Morgan fingerprint density at radius 2 is 2.71 bits per heavy atom. The normalized spacial score (nSPS) is 9.14. The summed E-state index contributed by atoms with van der Waals surface area (Å²) in [7, 11) is 2.13. The van der Waals surface area contributed by atoms with Gasteiger partial charge in [-0.25, -0.2) is 0 Å². The first-order valence-electron chi connectivity index (χ1n) is 2.31. The fourth-order valence-electron chi connectivity index (χ4n) is 0.417. The second-order valence-corrected chi connectivity index (χ2v) is 2.29. The van der Waals surface area contributed by atoms with E-state index >= 15 is 0 Å². The van der Waals surface area contributed by atoms with Crippen LogP contribution in [-0.4, -0.2) is 12.8 Å².